The molecule has 0 aliphatic heterocycles. The van der Waals surface area contributed by atoms with E-state index in [9.17, 15) is 0 Å². The summed E-state index contributed by atoms with van der Waals surface area (Å²) in [4.78, 5) is 9.01. The molecule has 0 fully saturated rings. The Balaban J connectivity index is 2.01. The van der Waals surface area contributed by atoms with Gasteiger partial charge in [-0.1, -0.05) is 33.5 Å². The zero-order valence-corrected chi connectivity index (χ0v) is 14.2. The summed E-state index contributed by atoms with van der Waals surface area (Å²) in [5.41, 5.74) is 2.04. The number of rotatable bonds is 6. The van der Waals surface area contributed by atoms with Crippen molar-refractivity contribution >= 4 is 19.1 Å². The van der Waals surface area contributed by atoms with E-state index in [1.165, 1.54) is 6.04 Å². The van der Waals surface area contributed by atoms with Crippen LogP contribution in [0.5, 0.6) is 0 Å². The lowest BCUT2D eigenvalue weighted by atomic mass is 10.2. The van der Waals surface area contributed by atoms with Crippen molar-refractivity contribution in [3.63, 3.8) is 0 Å². The third kappa shape index (κ3) is 3.90. The van der Waals surface area contributed by atoms with Crippen LogP contribution in [0.3, 0.4) is 0 Å². The lowest BCUT2D eigenvalue weighted by Gasteiger charge is -2.15. The number of nitrogens with zero attached hydrogens (tertiary/aromatic N) is 3. The zero-order valence-electron chi connectivity index (χ0n) is 13.2. The molecule has 0 amide bonds. The highest BCUT2D eigenvalue weighted by Gasteiger charge is 2.12. The summed E-state index contributed by atoms with van der Waals surface area (Å²) < 4.78 is 7.86. The summed E-state index contributed by atoms with van der Waals surface area (Å²) >= 11 is 0. The van der Waals surface area contributed by atoms with Crippen molar-refractivity contribution in [3.8, 4) is 0 Å². The molecule has 0 bridgehead atoms. The van der Waals surface area contributed by atoms with E-state index >= 15 is 0 Å². The summed E-state index contributed by atoms with van der Waals surface area (Å²) in [5, 5.41) is 0. The molecule has 0 aromatic carbocycles. The molecule has 0 radical (unpaired) electrons. The maximum Gasteiger partial charge on any atom is 0.131 e. The molecule has 0 aliphatic rings. The zero-order chi connectivity index (χ0) is 14.8. The Kier molecular flexibility index (Phi) is 4.60. The van der Waals surface area contributed by atoms with Crippen LogP contribution in [0.15, 0.2) is 18.5 Å². The Bertz CT molecular complexity index is 572. The van der Waals surface area contributed by atoms with Crippen LogP contribution in [0.25, 0.3) is 11.0 Å². The molecule has 0 N–H and O–H groups in total. The first-order valence-corrected chi connectivity index (χ1v) is 11.0. The lowest BCUT2D eigenvalue weighted by Crippen LogP contribution is -2.21. The third-order valence-corrected chi connectivity index (χ3v) is 4.99. The quantitative estimate of drug-likeness (QED) is 0.599. The summed E-state index contributed by atoms with van der Waals surface area (Å²) in [6.07, 6.45) is 3.93. The van der Waals surface area contributed by atoms with Crippen molar-refractivity contribution in [2.45, 2.75) is 52.2 Å². The topological polar surface area (TPSA) is 39.9 Å². The molecule has 20 heavy (non-hydrogen) atoms. The van der Waals surface area contributed by atoms with Gasteiger partial charge in [0.15, 0.2) is 0 Å². The Labute approximate surface area is 122 Å². The summed E-state index contributed by atoms with van der Waals surface area (Å²) in [6, 6.07) is 3.23. The van der Waals surface area contributed by atoms with Crippen LogP contribution < -0.4 is 0 Å². The first-order valence-electron chi connectivity index (χ1n) is 7.26. The van der Waals surface area contributed by atoms with Crippen molar-refractivity contribution < 1.29 is 4.74 Å². The van der Waals surface area contributed by atoms with Gasteiger partial charge in [-0.2, -0.15) is 0 Å². The van der Waals surface area contributed by atoms with Gasteiger partial charge < -0.3 is 9.30 Å². The van der Waals surface area contributed by atoms with E-state index in [0.29, 0.717) is 12.6 Å². The van der Waals surface area contributed by atoms with Crippen molar-refractivity contribution in [3.05, 3.63) is 24.3 Å². The van der Waals surface area contributed by atoms with E-state index in [1.54, 1.807) is 0 Å². The predicted octanol–water partition coefficient (Wildman–Crippen LogP) is 3.87. The van der Waals surface area contributed by atoms with Crippen molar-refractivity contribution in [2.75, 3.05) is 6.61 Å². The van der Waals surface area contributed by atoms with Gasteiger partial charge in [0.25, 0.3) is 0 Å². The number of hydrogen-bond acceptors (Lipinski definition) is 3. The first kappa shape index (κ1) is 15.2. The fourth-order valence-electron chi connectivity index (χ4n) is 1.92. The van der Waals surface area contributed by atoms with Crippen molar-refractivity contribution in [1.29, 1.82) is 0 Å². The normalized spacial score (nSPS) is 12.5. The number of ether oxygens (including phenoxy) is 1. The molecule has 2 heterocycles. The van der Waals surface area contributed by atoms with Crippen LogP contribution in [0, 0.1) is 0 Å². The largest absolute Gasteiger partial charge is 0.361 e. The van der Waals surface area contributed by atoms with E-state index in [0.717, 1.165) is 23.5 Å². The van der Waals surface area contributed by atoms with Crippen LogP contribution in [-0.4, -0.2) is 29.2 Å². The second kappa shape index (κ2) is 6.05. The molecule has 0 aliphatic carbocycles. The fraction of sp³-hybridized carbons (Fsp3) is 0.600. The molecule has 4 nitrogen and oxygen atoms in total. The Morgan fingerprint density at radius 2 is 2.05 bits per heavy atom. The Morgan fingerprint density at radius 3 is 2.70 bits per heavy atom. The second-order valence-corrected chi connectivity index (χ2v) is 12.4. The molecule has 0 saturated carbocycles. The van der Waals surface area contributed by atoms with E-state index in [4.69, 9.17) is 4.74 Å². The van der Waals surface area contributed by atoms with E-state index in [2.05, 4.69) is 48.0 Å². The summed E-state index contributed by atoms with van der Waals surface area (Å²) in [6.45, 7) is 12.7. The SMILES string of the molecule is CC(C)c1ncc2c(ccn2COCC[Si](C)(C)C)n1. The maximum absolute atomic E-state index is 5.78. The minimum atomic E-state index is -1.01. The molecule has 110 valence electrons. The van der Waals surface area contributed by atoms with Crippen molar-refractivity contribution in [1.82, 2.24) is 14.5 Å². The molecule has 2 aromatic rings. The lowest BCUT2D eigenvalue weighted by molar-refractivity contribution is 0.0902. The molecule has 0 unspecified atom stereocenters. The van der Waals surface area contributed by atoms with Gasteiger partial charge in [0.1, 0.15) is 12.6 Å². The molecule has 0 spiro atoms. The molecular formula is C15H25N3OSi. The molecular weight excluding hydrogens is 266 g/mol. The minimum absolute atomic E-state index is 0.357. The van der Waals surface area contributed by atoms with Crippen molar-refractivity contribution in [2.24, 2.45) is 0 Å². The summed E-state index contributed by atoms with van der Waals surface area (Å²) in [5.74, 6) is 1.26. The minimum Gasteiger partial charge on any atom is -0.361 e. The van der Waals surface area contributed by atoms with Crippen LogP contribution in [0.4, 0.5) is 0 Å². The maximum atomic E-state index is 5.78. The monoisotopic (exact) mass is 291 g/mol. The summed E-state index contributed by atoms with van der Waals surface area (Å²) in [7, 11) is -1.01. The Morgan fingerprint density at radius 1 is 1.30 bits per heavy atom. The van der Waals surface area contributed by atoms with Crippen LogP contribution in [0.1, 0.15) is 25.6 Å². The second-order valence-electron chi connectivity index (χ2n) is 6.79. The molecule has 2 rings (SSSR count). The highest BCUT2D eigenvalue weighted by molar-refractivity contribution is 6.76. The van der Waals surface area contributed by atoms with Gasteiger partial charge in [0.2, 0.25) is 0 Å². The van der Waals surface area contributed by atoms with Gasteiger partial charge >= 0.3 is 0 Å². The van der Waals surface area contributed by atoms with E-state index < -0.39 is 8.07 Å². The standard InChI is InChI=1S/C15H25N3OSi/c1-12(2)15-16-10-14-13(17-15)6-7-18(14)11-19-8-9-20(3,4)5/h6-7,10,12H,8-9,11H2,1-5H3. The molecule has 0 saturated heterocycles. The van der Waals surface area contributed by atoms with E-state index in [-0.39, 0.29) is 0 Å². The van der Waals surface area contributed by atoms with Gasteiger partial charge in [0.05, 0.1) is 17.2 Å². The predicted molar refractivity (Wildman–Crippen MR) is 85.7 cm³/mol. The average molecular weight is 291 g/mol. The number of hydrogen-bond donors (Lipinski definition) is 0. The van der Waals surface area contributed by atoms with Crippen LogP contribution in [0.2, 0.25) is 25.7 Å². The van der Waals surface area contributed by atoms with Gasteiger partial charge in [-0.3, -0.25) is 0 Å². The highest BCUT2D eigenvalue weighted by Crippen LogP contribution is 2.16. The van der Waals surface area contributed by atoms with Gasteiger partial charge in [-0.25, -0.2) is 9.97 Å². The fourth-order valence-corrected chi connectivity index (χ4v) is 2.68. The number of fused-ring (bicyclic) bond motifs is 1. The van der Waals surface area contributed by atoms with Crippen LogP contribution in [-0.2, 0) is 11.5 Å². The molecule has 2 aromatic heterocycles. The number of aromatic nitrogens is 3. The Hall–Kier alpha value is -1.20. The molecule has 0 atom stereocenters. The molecule has 5 heteroatoms. The van der Waals surface area contributed by atoms with Crippen LogP contribution >= 0.6 is 0 Å². The van der Waals surface area contributed by atoms with Gasteiger partial charge in [-0.05, 0) is 12.1 Å². The van der Waals surface area contributed by atoms with Gasteiger partial charge in [0, 0.05) is 26.8 Å². The first-order chi connectivity index (χ1) is 9.37. The highest BCUT2D eigenvalue weighted by atomic mass is 28.3. The van der Waals surface area contributed by atoms with Gasteiger partial charge in [-0.15, -0.1) is 0 Å². The van der Waals surface area contributed by atoms with E-state index in [1.807, 2.05) is 18.5 Å². The third-order valence-electron chi connectivity index (χ3n) is 3.28. The smallest absolute Gasteiger partial charge is 0.131 e. The average Bonchev–Trinajstić information content (AvgIpc) is 2.76.